The zero-order valence-electron chi connectivity index (χ0n) is 9.87. The quantitative estimate of drug-likeness (QED) is 0.755. The molecule has 4 heteroatoms. The number of H-pyrrole nitrogens is 1. The van der Waals surface area contributed by atoms with Gasteiger partial charge in [0.1, 0.15) is 0 Å². The number of piperidine rings is 1. The van der Waals surface area contributed by atoms with Crippen molar-refractivity contribution in [1.29, 1.82) is 0 Å². The van der Waals surface area contributed by atoms with E-state index in [0.29, 0.717) is 0 Å². The van der Waals surface area contributed by atoms with Gasteiger partial charge in [-0.25, -0.2) is 0 Å². The Balaban J connectivity index is 1.68. The molecular weight excluding hydrogens is 212 g/mol. The molecular formula is C13H18N4. The molecule has 1 aliphatic rings. The van der Waals surface area contributed by atoms with Gasteiger partial charge in [0.05, 0.1) is 5.52 Å². The van der Waals surface area contributed by atoms with Gasteiger partial charge in [-0.05, 0) is 44.0 Å². The van der Waals surface area contributed by atoms with Gasteiger partial charge in [-0.2, -0.15) is 5.10 Å². The van der Waals surface area contributed by atoms with E-state index in [1.807, 2.05) is 12.1 Å². The molecule has 0 bridgehead atoms. The number of benzene rings is 1. The lowest BCUT2D eigenvalue weighted by Gasteiger charge is -2.22. The van der Waals surface area contributed by atoms with Crippen LogP contribution in [-0.4, -0.2) is 29.8 Å². The zero-order valence-corrected chi connectivity index (χ0v) is 9.87. The predicted octanol–water partition coefficient (Wildman–Crippen LogP) is 1.97. The number of hydrogen-bond acceptors (Lipinski definition) is 3. The molecule has 2 aromatic rings. The maximum Gasteiger partial charge on any atom is 0.155 e. The summed E-state index contributed by atoms with van der Waals surface area (Å²) in [6, 6.07) is 8.23. The number of anilines is 1. The molecule has 1 fully saturated rings. The second kappa shape index (κ2) is 4.75. The van der Waals surface area contributed by atoms with Gasteiger partial charge >= 0.3 is 0 Å². The minimum Gasteiger partial charge on any atom is -0.368 e. The van der Waals surface area contributed by atoms with Crippen LogP contribution in [0.25, 0.3) is 10.9 Å². The Bertz CT molecular complexity index is 485. The van der Waals surface area contributed by atoms with Crippen molar-refractivity contribution in [3.8, 4) is 0 Å². The van der Waals surface area contributed by atoms with Crippen LogP contribution in [0.2, 0.25) is 0 Å². The lowest BCUT2D eigenvalue weighted by atomic mass is 9.98. The lowest BCUT2D eigenvalue weighted by molar-refractivity contribution is 0.389. The second-order valence-electron chi connectivity index (χ2n) is 4.69. The molecule has 0 aliphatic carbocycles. The molecule has 3 rings (SSSR count). The summed E-state index contributed by atoms with van der Waals surface area (Å²) in [5.74, 6) is 1.76. The molecule has 1 aliphatic heterocycles. The molecule has 17 heavy (non-hydrogen) atoms. The van der Waals surface area contributed by atoms with Crippen LogP contribution >= 0.6 is 0 Å². The number of hydrogen-bond donors (Lipinski definition) is 3. The smallest absolute Gasteiger partial charge is 0.155 e. The van der Waals surface area contributed by atoms with Crippen LogP contribution in [0.4, 0.5) is 5.82 Å². The summed E-state index contributed by atoms with van der Waals surface area (Å²) in [6.45, 7) is 3.32. The van der Waals surface area contributed by atoms with E-state index in [-0.39, 0.29) is 0 Å². The summed E-state index contributed by atoms with van der Waals surface area (Å²) in [5.41, 5.74) is 1.10. The van der Waals surface area contributed by atoms with E-state index in [4.69, 9.17) is 0 Å². The molecule has 0 saturated carbocycles. The molecule has 0 spiro atoms. The van der Waals surface area contributed by atoms with Crippen LogP contribution in [0.5, 0.6) is 0 Å². The maximum absolute atomic E-state index is 4.33. The number of aromatic nitrogens is 2. The fourth-order valence-electron chi connectivity index (χ4n) is 2.43. The van der Waals surface area contributed by atoms with E-state index in [0.717, 1.165) is 36.9 Å². The highest BCUT2D eigenvalue weighted by atomic mass is 15.2. The highest BCUT2D eigenvalue weighted by Gasteiger charge is 2.13. The van der Waals surface area contributed by atoms with Crippen molar-refractivity contribution < 1.29 is 0 Å². The summed E-state index contributed by atoms with van der Waals surface area (Å²) < 4.78 is 0. The predicted molar refractivity (Wildman–Crippen MR) is 70.2 cm³/mol. The molecule has 0 radical (unpaired) electrons. The van der Waals surface area contributed by atoms with Crippen LogP contribution in [0.1, 0.15) is 12.8 Å². The normalized spacial score (nSPS) is 17.4. The van der Waals surface area contributed by atoms with Crippen molar-refractivity contribution in [2.75, 3.05) is 25.0 Å². The molecule has 1 aromatic heterocycles. The fraction of sp³-hybridized carbons (Fsp3) is 0.462. The average Bonchev–Trinajstić information content (AvgIpc) is 2.81. The third-order valence-electron chi connectivity index (χ3n) is 3.49. The minimum atomic E-state index is 0.770. The Kier molecular flexibility index (Phi) is 2.96. The summed E-state index contributed by atoms with van der Waals surface area (Å²) in [5, 5.41) is 15.4. The molecule has 0 unspecified atom stereocenters. The highest BCUT2D eigenvalue weighted by Crippen LogP contribution is 2.20. The van der Waals surface area contributed by atoms with Crippen molar-refractivity contribution in [2.24, 2.45) is 5.92 Å². The van der Waals surface area contributed by atoms with Gasteiger partial charge in [0.25, 0.3) is 0 Å². The van der Waals surface area contributed by atoms with Crippen molar-refractivity contribution in [3.63, 3.8) is 0 Å². The number of nitrogens with one attached hydrogen (secondary N) is 3. The standard InChI is InChI=1S/C13H18N4/c1-2-4-12-11(3-1)13(17-16-12)15-9-10-5-7-14-8-6-10/h1-4,10,14H,5-9H2,(H2,15,16,17). The van der Waals surface area contributed by atoms with E-state index in [2.05, 4.69) is 33.0 Å². The van der Waals surface area contributed by atoms with Gasteiger partial charge in [-0.3, -0.25) is 5.10 Å². The van der Waals surface area contributed by atoms with Crippen LogP contribution in [0, 0.1) is 5.92 Å². The SMILES string of the molecule is c1ccc2c(NCC3CCNCC3)n[nH]c2c1. The van der Waals surface area contributed by atoms with Crippen molar-refractivity contribution in [3.05, 3.63) is 24.3 Å². The van der Waals surface area contributed by atoms with Gasteiger partial charge in [-0.1, -0.05) is 12.1 Å². The zero-order chi connectivity index (χ0) is 11.5. The van der Waals surface area contributed by atoms with Crippen molar-refractivity contribution in [2.45, 2.75) is 12.8 Å². The van der Waals surface area contributed by atoms with Crippen molar-refractivity contribution in [1.82, 2.24) is 15.5 Å². The fourth-order valence-corrected chi connectivity index (χ4v) is 2.43. The van der Waals surface area contributed by atoms with Crippen molar-refractivity contribution >= 4 is 16.7 Å². The Hall–Kier alpha value is -1.55. The molecule has 2 heterocycles. The third-order valence-corrected chi connectivity index (χ3v) is 3.49. The number of aromatic amines is 1. The molecule has 0 atom stereocenters. The molecule has 0 amide bonds. The molecule has 1 aromatic carbocycles. The average molecular weight is 230 g/mol. The Morgan fingerprint density at radius 3 is 2.94 bits per heavy atom. The van der Waals surface area contributed by atoms with Gasteiger partial charge in [0.2, 0.25) is 0 Å². The van der Waals surface area contributed by atoms with Gasteiger partial charge in [0, 0.05) is 11.9 Å². The Morgan fingerprint density at radius 1 is 1.24 bits per heavy atom. The van der Waals surface area contributed by atoms with Crippen LogP contribution in [0.3, 0.4) is 0 Å². The van der Waals surface area contributed by atoms with E-state index in [1.165, 1.54) is 18.2 Å². The number of para-hydroxylation sites is 1. The third kappa shape index (κ3) is 2.26. The molecule has 1 saturated heterocycles. The Morgan fingerprint density at radius 2 is 2.06 bits per heavy atom. The van der Waals surface area contributed by atoms with E-state index >= 15 is 0 Å². The molecule has 4 nitrogen and oxygen atoms in total. The number of fused-ring (bicyclic) bond motifs is 1. The minimum absolute atomic E-state index is 0.770. The Labute approximate surface area is 101 Å². The van der Waals surface area contributed by atoms with Crippen LogP contribution in [0.15, 0.2) is 24.3 Å². The van der Waals surface area contributed by atoms with Gasteiger partial charge in [-0.15, -0.1) is 0 Å². The first-order chi connectivity index (χ1) is 8.43. The first kappa shape index (κ1) is 10.6. The number of rotatable bonds is 3. The first-order valence-electron chi connectivity index (χ1n) is 6.31. The topological polar surface area (TPSA) is 52.7 Å². The highest BCUT2D eigenvalue weighted by molar-refractivity contribution is 5.89. The van der Waals surface area contributed by atoms with Gasteiger partial charge in [0.15, 0.2) is 5.82 Å². The monoisotopic (exact) mass is 230 g/mol. The molecule has 3 N–H and O–H groups in total. The second-order valence-corrected chi connectivity index (χ2v) is 4.69. The maximum atomic E-state index is 4.33. The number of nitrogens with zero attached hydrogens (tertiary/aromatic N) is 1. The van der Waals surface area contributed by atoms with E-state index < -0.39 is 0 Å². The summed E-state index contributed by atoms with van der Waals surface area (Å²) in [7, 11) is 0. The first-order valence-corrected chi connectivity index (χ1v) is 6.31. The molecule has 90 valence electrons. The summed E-state index contributed by atoms with van der Waals surface area (Å²) in [4.78, 5) is 0. The van der Waals surface area contributed by atoms with Crippen LogP contribution < -0.4 is 10.6 Å². The van der Waals surface area contributed by atoms with Crippen LogP contribution in [-0.2, 0) is 0 Å². The lowest BCUT2D eigenvalue weighted by Crippen LogP contribution is -2.31. The summed E-state index contributed by atoms with van der Waals surface area (Å²) in [6.07, 6.45) is 2.52. The largest absolute Gasteiger partial charge is 0.368 e. The summed E-state index contributed by atoms with van der Waals surface area (Å²) >= 11 is 0. The van der Waals surface area contributed by atoms with E-state index in [1.54, 1.807) is 0 Å². The van der Waals surface area contributed by atoms with Gasteiger partial charge < -0.3 is 10.6 Å². The van der Waals surface area contributed by atoms with E-state index in [9.17, 15) is 0 Å².